The standard InChI is InChI=1S/C18H31N3O4S/c1-11(2)21(26(4,24)25)17(23)20-16(22)19-12(3)18-8-13-5-14(9-18)7-15(6-13)10-18/h11-15H,5-10H2,1-4H3,(H2,19,20,22,23)/t12-,13?,14?,15?,18?/m0/s1. The minimum absolute atomic E-state index is 0.0329. The molecule has 0 saturated heterocycles. The van der Waals surface area contributed by atoms with Gasteiger partial charge in [-0.25, -0.2) is 22.3 Å². The topological polar surface area (TPSA) is 95.6 Å². The molecule has 0 heterocycles. The molecule has 4 aliphatic carbocycles. The van der Waals surface area contributed by atoms with E-state index in [1.165, 1.54) is 19.3 Å². The van der Waals surface area contributed by atoms with E-state index in [0.717, 1.165) is 43.3 Å². The third-order valence-electron chi connectivity index (χ3n) is 6.60. The molecule has 0 aliphatic heterocycles. The molecule has 0 unspecified atom stereocenters. The molecule has 0 aromatic carbocycles. The van der Waals surface area contributed by atoms with Crippen molar-refractivity contribution in [3.63, 3.8) is 0 Å². The van der Waals surface area contributed by atoms with Gasteiger partial charge in [-0.2, -0.15) is 0 Å². The van der Waals surface area contributed by atoms with Gasteiger partial charge in [-0.05, 0) is 82.5 Å². The maximum Gasteiger partial charge on any atom is 0.339 e. The molecule has 4 fully saturated rings. The van der Waals surface area contributed by atoms with E-state index in [4.69, 9.17) is 0 Å². The lowest BCUT2D eigenvalue weighted by molar-refractivity contribution is -0.0681. The number of amides is 4. The van der Waals surface area contributed by atoms with Crippen LogP contribution in [-0.4, -0.2) is 43.1 Å². The maximum atomic E-state index is 12.3. The Bertz CT molecular complexity index is 653. The van der Waals surface area contributed by atoms with Gasteiger partial charge in [-0.1, -0.05) is 0 Å². The van der Waals surface area contributed by atoms with Gasteiger partial charge >= 0.3 is 12.1 Å². The van der Waals surface area contributed by atoms with E-state index in [0.29, 0.717) is 4.31 Å². The number of nitrogens with one attached hydrogen (secondary N) is 2. The Morgan fingerprint density at radius 3 is 1.85 bits per heavy atom. The molecule has 0 radical (unpaired) electrons. The second-order valence-electron chi connectivity index (χ2n) is 9.06. The molecule has 4 aliphatic rings. The Kier molecular flexibility index (Phi) is 5.01. The Morgan fingerprint density at radius 2 is 1.46 bits per heavy atom. The quantitative estimate of drug-likeness (QED) is 0.778. The van der Waals surface area contributed by atoms with Crippen LogP contribution in [0.1, 0.15) is 59.3 Å². The van der Waals surface area contributed by atoms with Crippen molar-refractivity contribution in [2.24, 2.45) is 23.2 Å². The fourth-order valence-electron chi connectivity index (χ4n) is 6.01. The molecular formula is C18H31N3O4S. The third kappa shape index (κ3) is 3.70. The zero-order valence-corrected chi connectivity index (χ0v) is 16.9. The van der Waals surface area contributed by atoms with Crippen molar-refractivity contribution < 1.29 is 18.0 Å². The van der Waals surface area contributed by atoms with E-state index < -0.39 is 28.1 Å². The summed E-state index contributed by atoms with van der Waals surface area (Å²) >= 11 is 0. The molecule has 2 N–H and O–H groups in total. The van der Waals surface area contributed by atoms with E-state index in [1.54, 1.807) is 13.8 Å². The van der Waals surface area contributed by atoms with Gasteiger partial charge in [0.15, 0.2) is 0 Å². The van der Waals surface area contributed by atoms with Crippen LogP contribution in [0.5, 0.6) is 0 Å². The van der Waals surface area contributed by atoms with Crippen LogP contribution in [0, 0.1) is 23.2 Å². The predicted molar refractivity (Wildman–Crippen MR) is 98.9 cm³/mol. The number of nitrogens with zero attached hydrogens (tertiary/aromatic N) is 1. The van der Waals surface area contributed by atoms with Crippen LogP contribution < -0.4 is 10.6 Å². The summed E-state index contributed by atoms with van der Waals surface area (Å²) in [7, 11) is -3.73. The van der Waals surface area contributed by atoms with Crippen molar-refractivity contribution in [3.05, 3.63) is 0 Å². The number of carbonyl (C=O) groups excluding carboxylic acids is 2. The van der Waals surface area contributed by atoms with Gasteiger partial charge in [0.1, 0.15) is 0 Å². The van der Waals surface area contributed by atoms with Crippen LogP contribution in [-0.2, 0) is 10.0 Å². The minimum atomic E-state index is -3.73. The van der Waals surface area contributed by atoms with Crippen molar-refractivity contribution in [1.82, 2.24) is 14.9 Å². The highest BCUT2D eigenvalue weighted by Crippen LogP contribution is 2.61. The van der Waals surface area contributed by atoms with Crippen LogP contribution in [0.4, 0.5) is 9.59 Å². The highest BCUT2D eigenvalue weighted by molar-refractivity contribution is 7.88. The van der Waals surface area contributed by atoms with Crippen LogP contribution in [0.15, 0.2) is 0 Å². The molecule has 4 amide bonds. The first-order valence-electron chi connectivity index (χ1n) is 9.61. The van der Waals surface area contributed by atoms with Crippen molar-refractivity contribution in [2.75, 3.05) is 6.26 Å². The fourth-order valence-corrected chi connectivity index (χ4v) is 7.13. The lowest BCUT2D eigenvalue weighted by Crippen LogP contribution is -2.58. The first kappa shape index (κ1) is 19.5. The summed E-state index contributed by atoms with van der Waals surface area (Å²) in [6, 6.07) is -2.11. The largest absolute Gasteiger partial charge is 0.339 e. The lowest BCUT2D eigenvalue weighted by atomic mass is 9.48. The summed E-state index contributed by atoms with van der Waals surface area (Å²) in [4.78, 5) is 24.6. The van der Waals surface area contributed by atoms with Crippen molar-refractivity contribution in [1.29, 1.82) is 0 Å². The fraction of sp³-hybridized carbons (Fsp3) is 0.889. The summed E-state index contributed by atoms with van der Waals surface area (Å²) in [6.45, 7) is 5.21. The SMILES string of the molecule is CC(C)N(C(=O)NC(=O)N[C@@H](C)C12CC3CC(CC(C3)C1)C2)S(C)(=O)=O. The van der Waals surface area contributed by atoms with Gasteiger partial charge in [0.25, 0.3) is 0 Å². The van der Waals surface area contributed by atoms with Crippen LogP contribution in [0.25, 0.3) is 0 Å². The van der Waals surface area contributed by atoms with Crippen molar-refractivity contribution in [2.45, 2.75) is 71.4 Å². The average Bonchev–Trinajstić information content (AvgIpc) is 2.42. The number of carbonyl (C=O) groups is 2. The molecule has 4 bridgehead atoms. The molecule has 1 atom stereocenters. The Labute approximate surface area is 156 Å². The Hall–Kier alpha value is -1.31. The number of urea groups is 2. The molecule has 8 heteroatoms. The molecular weight excluding hydrogens is 354 g/mol. The highest BCUT2D eigenvalue weighted by Gasteiger charge is 2.53. The lowest BCUT2D eigenvalue weighted by Gasteiger charge is -2.59. The van der Waals surface area contributed by atoms with Gasteiger partial charge in [0.05, 0.1) is 6.26 Å². The first-order valence-corrected chi connectivity index (χ1v) is 11.5. The number of imide groups is 1. The summed E-state index contributed by atoms with van der Waals surface area (Å²) in [5.74, 6) is 2.32. The molecule has 0 aromatic heterocycles. The summed E-state index contributed by atoms with van der Waals surface area (Å²) in [5, 5.41) is 5.11. The van der Waals surface area contributed by atoms with Crippen molar-refractivity contribution in [3.8, 4) is 0 Å². The molecule has 4 saturated carbocycles. The van der Waals surface area contributed by atoms with Gasteiger partial charge in [0, 0.05) is 12.1 Å². The normalized spacial score (nSPS) is 33.8. The second-order valence-corrected chi connectivity index (χ2v) is 10.9. The van der Waals surface area contributed by atoms with Crippen molar-refractivity contribution >= 4 is 22.1 Å². The molecule has 148 valence electrons. The van der Waals surface area contributed by atoms with E-state index in [-0.39, 0.29) is 11.5 Å². The smallest absolute Gasteiger partial charge is 0.335 e. The van der Waals surface area contributed by atoms with Gasteiger partial charge < -0.3 is 5.32 Å². The summed E-state index contributed by atoms with van der Waals surface area (Å²) < 4.78 is 24.3. The average molecular weight is 386 g/mol. The monoisotopic (exact) mass is 385 g/mol. The first-order chi connectivity index (χ1) is 12.0. The summed E-state index contributed by atoms with van der Waals surface area (Å²) in [6.07, 6.45) is 8.39. The van der Waals surface area contributed by atoms with Crippen LogP contribution >= 0.6 is 0 Å². The zero-order valence-electron chi connectivity index (χ0n) is 16.1. The molecule has 0 spiro atoms. The van der Waals surface area contributed by atoms with Crippen LogP contribution in [0.3, 0.4) is 0 Å². The summed E-state index contributed by atoms with van der Waals surface area (Å²) in [5.41, 5.74) is 0.129. The maximum absolute atomic E-state index is 12.3. The van der Waals surface area contributed by atoms with E-state index in [9.17, 15) is 18.0 Å². The molecule has 7 nitrogen and oxygen atoms in total. The van der Waals surface area contributed by atoms with Crippen LogP contribution in [0.2, 0.25) is 0 Å². The Morgan fingerprint density at radius 1 is 1.00 bits per heavy atom. The highest BCUT2D eigenvalue weighted by atomic mass is 32.2. The second kappa shape index (κ2) is 6.69. The number of rotatable bonds is 4. The van der Waals surface area contributed by atoms with E-state index in [2.05, 4.69) is 10.6 Å². The number of sulfonamides is 1. The number of hydrogen-bond acceptors (Lipinski definition) is 4. The molecule has 26 heavy (non-hydrogen) atoms. The van der Waals surface area contributed by atoms with E-state index in [1.807, 2.05) is 6.92 Å². The van der Waals surface area contributed by atoms with E-state index >= 15 is 0 Å². The van der Waals surface area contributed by atoms with Gasteiger partial charge in [-0.15, -0.1) is 0 Å². The number of hydrogen-bond donors (Lipinski definition) is 2. The molecule has 4 rings (SSSR count). The minimum Gasteiger partial charge on any atom is -0.335 e. The third-order valence-corrected chi connectivity index (χ3v) is 7.90. The zero-order chi connectivity index (χ0) is 19.3. The van der Waals surface area contributed by atoms with Gasteiger partial charge in [-0.3, -0.25) is 5.32 Å². The molecule has 0 aromatic rings. The van der Waals surface area contributed by atoms with Gasteiger partial charge in [0.2, 0.25) is 10.0 Å². The Balaban J connectivity index is 1.62. The predicted octanol–water partition coefficient (Wildman–Crippen LogP) is 2.68.